The number of aliphatic hydroxyl groups is 2. The Hall–Kier alpha value is -2.04. The van der Waals surface area contributed by atoms with Crippen molar-refractivity contribution in [2.45, 2.75) is 83.0 Å². The number of carbonyl (C=O) groups is 2. The maximum absolute atomic E-state index is 12.3. The minimum Gasteiger partial charge on any atom is -0.458 e. The molecular weight excluding hydrogens is 434 g/mol. The second-order valence-corrected chi connectivity index (χ2v) is 11.7. The maximum atomic E-state index is 12.3. The summed E-state index contributed by atoms with van der Waals surface area (Å²) in [6.45, 7) is 4.78. The number of carbonyl (C=O) groups excluding carboxylic acids is 2. The summed E-state index contributed by atoms with van der Waals surface area (Å²) in [4.78, 5) is 23.8. The first kappa shape index (κ1) is 23.7. The van der Waals surface area contributed by atoms with Gasteiger partial charge in [-0.2, -0.15) is 0 Å². The molecule has 0 aromatic heterocycles. The van der Waals surface area contributed by atoms with Crippen LogP contribution in [-0.2, 0) is 14.3 Å². The van der Waals surface area contributed by atoms with Crippen LogP contribution in [0.1, 0.15) is 65.2 Å². The molecule has 0 spiro atoms. The van der Waals surface area contributed by atoms with E-state index in [0.29, 0.717) is 18.8 Å². The Labute approximate surface area is 201 Å². The molecule has 7 heteroatoms. The average molecular weight is 472 g/mol. The fourth-order valence-corrected chi connectivity index (χ4v) is 8.77. The number of amides is 1. The first-order valence-corrected chi connectivity index (χ1v) is 12.8. The Kier molecular flexibility index (Phi) is 5.76. The predicted molar refractivity (Wildman–Crippen MR) is 124 cm³/mol. The third-order valence-corrected chi connectivity index (χ3v) is 10.6. The summed E-state index contributed by atoms with van der Waals surface area (Å²) in [5.74, 6) is 2.73. The maximum Gasteiger partial charge on any atom is 0.408 e. The standard InChI is InChI=1S/C27H37NO6/c1-4-11-28-24(31)34-18-7-9-25(2)17(13-18)5-6-20-21(25)14-22(29)26(3)19(8-10-27(20,26)32)16-12-23(30)33-15-16/h1,12,17-22,29,32H,5-11,13-15H2,2-3H3,(H,28,31)/t17-,18+,19-,20-,21+,22-,25+,26+,27+/m1/s1. The predicted octanol–water partition coefficient (Wildman–Crippen LogP) is 2.94. The topological polar surface area (TPSA) is 105 Å². The summed E-state index contributed by atoms with van der Waals surface area (Å²) in [6, 6.07) is 0. The number of terminal acetylenes is 1. The lowest BCUT2D eigenvalue weighted by Gasteiger charge is -2.65. The van der Waals surface area contributed by atoms with Gasteiger partial charge in [-0.15, -0.1) is 6.42 Å². The van der Waals surface area contributed by atoms with E-state index in [1.54, 1.807) is 6.08 Å². The monoisotopic (exact) mass is 471 g/mol. The number of aliphatic hydroxyl groups excluding tert-OH is 1. The molecule has 4 aliphatic carbocycles. The lowest BCUT2D eigenvalue weighted by atomic mass is 9.42. The molecule has 3 N–H and O–H groups in total. The molecule has 0 unspecified atom stereocenters. The number of esters is 1. The van der Waals surface area contributed by atoms with Crippen molar-refractivity contribution in [3.63, 3.8) is 0 Å². The number of fused-ring (bicyclic) bond motifs is 5. The van der Waals surface area contributed by atoms with Crippen molar-refractivity contribution in [3.05, 3.63) is 11.6 Å². The molecule has 5 rings (SSSR count). The van der Waals surface area contributed by atoms with E-state index in [1.165, 1.54) is 0 Å². The molecule has 1 aliphatic heterocycles. The first-order chi connectivity index (χ1) is 16.1. The van der Waals surface area contributed by atoms with Crippen LogP contribution in [0.3, 0.4) is 0 Å². The van der Waals surface area contributed by atoms with Gasteiger partial charge >= 0.3 is 12.1 Å². The number of rotatable bonds is 3. The minimum absolute atomic E-state index is 0.0140. The molecule has 0 aromatic carbocycles. The SMILES string of the molecule is C#CCNC(=O)O[C@H]1CC[C@@]2(C)[C@H](CC[C@@H]3[C@@H]2C[C@@H](O)[C@]2(C)[C@@H](C4=CC(=O)OC4)CC[C@]32O)C1. The molecule has 1 amide bonds. The van der Waals surface area contributed by atoms with Crippen LogP contribution in [-0.4, -0.2) is 53.2 Å². The van der Waals surface area contributed by atoms with Gasteiger partial charge in [0, 0.05) is 11.5 Å². The van der Waals surface area contributed by atoms with Gasteiger partial charge in [-0.3, -0.25) is 0 Å². The third-order valence-electron chi connectivity index (χ3n) is 10.6. The zero-order valence-corrected chi connectivity index (χ0v) is 20.2. The summed E-state index contributed by atoms with van der Waals surface area (Å²) >= 11 is 0. The largest absolute Gasteiger partial charge is 0.458 e. The van der Waals surface area contributed by atoms with Crippen molar-refractivity contribution in [1.82, 2.24) is 5.32 Å². The van der Waals surface area contributed by atoms with Crippen molar-refractivity contribution >= 4 is 12.1 Å². The van der Waals surface area contributed by atoms with Crippen LogP contribution in [0.5, 0.6) is 0 Å². The number of alkyl carbamates (subject to hydrolysis) is 1. The lowest BCUT2D eigenvalue weighted by molar-refractivity contribution is -0.244. The van der Waals surface area contributed by atoms with Crippen LogP contribution < -0.4 is 5.32 Å². The third kappa shape index (κ3) is 3.32. The smallest absolute Gasteiger partial charge is 0.408 e. The second kappa shape index (κ2) is 8.27. The van der Waals surface area contributed by atoms with Crippen LogP contribution in [0.4, 0.5) is 4.79 Å². The molecule has 0 aromatic rings. The van der Waals surface area contributed by atoms with Crippen LogP contribution >= 0.6 is 0 Å². The van der Waals surface area contributed by atoms with E-state index in [0.717, 1.165) is 44.1 Å². The van der Waals surface area contributed by atoms with E-state index in [2.05, 4.69) is 18.2 Å². The van der Waals surface area contributed by atoms with Crippen LogP contribution in [0, 0.1) is 46.8 Å². The zero-order chi connectivity index (χ0) is 24.3. The molecule has 4 saturated carbocycles. The van der Waals surface area contributed by atoms with E-state index < -0.39 is 23.2 Å². The Balaban J connectivity index is 1.36. The van der Waals surface area contributed by atoms with Crippen LogP contribution in [0.25, 0.3) is 0 Å². The second-order valence-electron chi connectivity index (χ2n) is 11.7. The fraction of sp³-hybridized carbons (Fsp3) is 0.778. The van der Waals surface area contributed by atoms with E-state index in [-0.39, 0.29) is 48.4 Å². The molecule has 0 radical (unpaired) electrons. The number of nitrogens with one attached hydrogen (secondary N) is 1. The van der Waals surface area contributed by atoms with Crippen molar-refractivity contribution in [2.75, 3.05) is 13.2 Å². The van der Waals surface area contributed by atoms with Crippen molar-refractivity contribution in [1.29, 1.82) is 0 Å². The number of hydrogen-bond donors (Lipinski definition) is 3. The summed E-state index contributed by atoms with van der Waals surface area (Å²) < 4.78 is 10.8. The Morgan fingerprint density at radius 3 is 2.74 bits per heavy atom. The molecule has 0 saturated heterocycles. The van der Waals surface area contributed by atoms with E-state index in [1.807, 2.05) is 6.92 Å². The zero-order valence-electron chi connectivity index (χ0n) is 20.2. The molecule has 186 valence electrons. The van der Waals surface area contributed by atoms with Crippen LogP contribution in [0.15, 0.2) is 11.6 Å². The summed E-state index contributed by atoms with van der Waals surface area (Å²) in [5.41, 5.74) is -0.753. The first-order valence-electron chi connectivity index (χ1n) is 12.8. The number of ether oxygens (including phenoxy) is 2. The van der Waals surface area contributed by atoms with Crippen molar-refractivity contribution in [3.8, 4) is 12.3 Å². The minimum atomic E-state index is -0.969. The van der Waals surface area contributed by atoms with Gasteiger partial charge in [-0.25, -0.2) is 9.59 Å². The van der Waals surface area contributed by atoms with Gasteiger partial charge in [-0.05, 0) is 86.0 Å². The number of hydrogen-bond acceptors (Lipinski definition) is 6. The van der Waals surface area contributed by atoms with Crippen molar-refractivity contribution < 1.29 is 29.3 Å². The van der Waals surface area contributed by atoms with Gasteiger partial charge in [0.05, 0.1) is 18.2 Å². The molecule has 0 bridgehead atoms. The Bertz CT molecular complexity index is 940. The lowest BCUT2D eigenvalue weighted by Crippen LogP contribution is -2.67. The van der Waals surface area contributed by atoms with E-state index in [9.17, 15) is 19.8 Å². The number of cyclic esters (lactones) is 1. The van der Waals surface area contributed by atoms with E-state index in [4.69, 9.17) is 15.9 Å². The molecule has 1 heterocycles. The Morgan fingerprint density at radius 1 is 1.24 bits per heavy atom. The normalized spacial score (nSPS) is 47.4. The molecular formula is C27H37NO6. The molecule has 34 heavy (non-hydrogen) atoms. The highest BCUT2D eigenvalue weighted by Gasteiger charge is 2.70. The highest BCUT2D eigenvalue weighted by molar-refractivity contribution is 5.85. The summed E-state index contributed by atoms with van der Waals surface area (Å²) in [7, 11) is 0. The molecule has 7 nitrogen and oxygen atoms in total. The Morgan fingerprint density at radius 2 is 2.03 bits per heavy atom. The molecule has 4 fully saturated rings. The van der Waals surface area contributed by atoms with E-state index >= 15 is 0 Å². The van der Waals surface area contributed by atoms with Crippen molar-refractivity contribution in [2.24, 2.45) is 34.5 Å². The molecule has 9 atom stereocenters. The fourth-order valence-electron chi connectivity index (χ4n) is 8.77. The van der Waals surface area contributed by atoms with Gasteiger partial charge < -0.3 is 25.0 Å². The average Bonchev–Trinajstić information content (AvgIpc) is 3.34. The van der Waals surface area contributed by atoms with Gasteiger partial charge in [0.15, 0.2) is 0 Å². The highest BCUT2D eigenvalue weighted by atomic mass is 16.6. The van der Waals surface area contributed by atoms with Gasteiger partial charge in [0.1, 0.15) is 12.7 Å². The quantitative estimate of drug-likeness (QED) is 0.432. The molecule has 5 aliphatic rings. The summed E-state index contributed by atoms with van der Waals surface area (Å²) in [5, 5.41) is 26.5. The van der Waals surface area contributed by atoms with Crippen LogP contribution in [0.2, 0.25) is 0 Å². The highest BCUT2D eigenvalue weighted by Crippen LogP contribution is 2.70. The summed E-state index contributed by atoms with van der Waals surface area (Å²) in [6.07, 6.45) is 12.0. The van der Waals surface area contributed by atoms with Gasteiger partial charge in [-0.1, -0.05) is 19.8 Å². The van der Waals surface area contributed by atoms with Gasteiger partial charge in [0.25, 0.3) is 0 Å². The van der Waals surface area contributed by atoms with Gasteiger partial charge in [0.2, 0.25) is 0 Å².